The highest BCUT2D eigenvalue weighted by molar-refractivity contribution is 5.81. The highest BCUT2D eigenvalue weighted by Gasteiger charge is 2.29. The predicted octanol–water partition coefficient (Wildman–Crippen LogP) is 4.13. The number of benzene rings is 2. The maximum absolute atomic E-state index is 12.2. The maximum atomic E-state index is 12.2. The summed E-state index contributed by atoms with van der Waals surface area (Å²) in [7, 11) is 0. The number of ether oxygens (including phenoxy) is 1. The van der Waals surface area contributed by atoms with Crippen LogP contribution < -0.4 is 5.32 Å². The molecule has 29 heavy (non-hydrogen) atoms. The fourth-order valence-corrected chi connectivity index (χ4v) is 3.72. The minimum absolute atomic E-state index is 0.0790. The second-order valence-corrected chi connectivity index (χ2v) is 7.15. The summed E-state index contributed by atoms with van der Waals surface area (Å²) in [6, 6.07) is 14.9. The molecule has 0 aliphatic heterocycles. The Morgan fingerprint density at radius 3 is 2.17 bits per heavy atom. The number of alkyl carbamates (subject to hydrolysis) is 1. The van der Waals surface area contributed by atoms with E-state index in [9.17, 15) is 19.5 Å². The van der Waals surface area contributed by atoms with Crippen LogP contribution >= 0.6 is 0 Å². The molecule has 0 spiro atoms. The standard InChI is InChI=1S/C23H25NO5/c1-2-15(25)8-7-13-21(22(26)27)24-23(28)29-14-20-18-11-5-3-9-16(18)17-10-4-6-12-19(17)20/h3-6,9-12,20-21H,2,7-8,13-14H2,1H3,(H,24,28)(H,26,27). The molecular formula is C23H25NO5. The molecule has 2 aromatic carbocycles. The van der Waals surface area contributed by atoms with E-state index >= 15 is 0 Å². The molecule has 1 aliphatic rings. The molecule has 1 atom stereocenters. The number of carbonyl (C=O) groups excluding carboxylic acids is 2. The number of aliphatic carboxylic acids is 1. The molecule has 6 nitrogen and oxygen atoms in total. The summed E-state index contributed by atoms with van der Waals surface area (Å²) in [6.45, 7) is 1.90. The number of amides is 1. The van der Waals surface area contributed by atoms with Gasteiger partial charge in [-0.25, -0.2) is 9.59 Å². The van der Waals surface area contributed by atoms with Crippen molar-refractivity contribution < 1.29 is 24.2 Å². The first-order chi connectivity index (χ1) is 14.0. The smallest absolute Gasteiger partial charge is 0.407 e. The molecule has 0 fully saturated rings. The number of hydrogen-bond donors (Lipinski definition) is 2. The lowest BCUT2D eigenvalue weighted by Gasteiger charge is -2.17. The summed E-state index contributed by atoms with van der Waals surface area (Å²) in [5, 5.41) is 11.7. The van der Waals surface area contributed by atoms with E-state index < -0.39 is 18.1 Å². The molecule has 0 radical (unpaired) electrons. The monoisotopic (exact) mass is 395 g/mol. The van der Waals surface area contributed by atoms with Crippen molar-refractivity contribution in [1.82, 2.24) is 5.32 Å². The molecule has 2 aromatic rings. The summed E-state index contributed by atoms with van der Waals surface area (Å²) in [5.41, 5.74) is 4.44. The van der Waals surface area contributed by atoms with Gasteiger partial charge in [-0.2, -0.15) is 0 Å². The van der Waals surface area contributed by atoms with Crippen LogP contribution in [0, 0.1) is 0 Å². The number of hydrogen-bond acceptors (Lipinski definition) is 4. The van der Waals surface area contributed by atoms with E-state index in [1.807, 2.05) is 48.5 Å². The molecule has 1 amide bonds. The van der Waals surface area contributed by atoms with Crippen molar-refractivity contribution in [1.29, 1.82) is 0 Å². The third-order valence-electron chi connectivity index (χ3n) is 5.28. The largest absolute Gasteiger partial charge is 0.480 e. The zero-order valence-electron chi connectivity index (χ0n) is 16.4. The minimum Gasteiger partial charge on any atom is -0.480 e. The maximum Gasteiger partial charge on any atom is 0.407 e. The summed E-state index contributed by atoms with van der Waals surface area (Å²) >= 11 is 0. The van der Waals surface area contributed by atoms with Crippen molar-refractivity contribution in [2.75, 3.05) is 6.61 Å². The first kappa shape index (κ1) is 20.6. The fourth-order valence-electron chi connectivity index (χ4n) is 3.72. The van der Waals surface area contributed by atoms with Crippen LogP contribution in [0.4, 0.5) is 4.79 Å². The van der Waals surface area contributed by atoms with Crippen LogP contribution in [-0.2, 0) is 14.3 Å². The van der Waals surface area contributed by atoms with Gasteiger partial charge in [0.15, 0.2) is 0 Å². The van der Waals surface area contributed by atoms with Gasteiger partial charge in [0.2, 0.25) is 0 Å². The number of carbonyl (C=O) groups is 3. The van der Waals surface area contributed by atoms with Crippen molar-refractivity contribution in [3.05, 3.63) is 59.7 Å². The van der Waals surface area contributed by atoms with Crippen molar-refractivity contribution in [2.24, 2.45) is 0 Å². The average Bonchev–Trinajstić information content (AvgIpc) is 3.05. The molecule has 0 bridgehead atoms. The topological polar surface area (TPSA) is 92.7 Å². The van der Waals surface area contributed by atoms with Gasteiger partial charge in [0.05, 0.1) is 0 Å². The third kappa shape index (κ3) is 4.83. The summed E-state index contributed by atoms with van der Waals surface area (Å²) < 4.78 is 5.39. The number of carboxylic acids is 1. The van der Waals surface area contributed by atoms with Gasteiger partial charge in [-0.3, -0.25) is 4.79 Å². The van der Waals surface area contributed by atoms with Crippen molar-refractivity contribution in [2.45, 2.75) is 44.6 Å². The minimum atomic E-state index is -1.14. The van der Waals surface area contributed by atoms with E-state index in [1.165, 1.54) is 0 Å². The zero-order valence-corrected chi connectivity index (χ0v) is 16.4. The SMILES string of the molecule is CCC(=O)CCCC(NC(=O)OCC1c2ccccc2-c2ccccc21)C(=O)O. The number of nitrogens with one attached hydrogen (secondary N) is 1. The molecule has 2 N–H and O–H groups in total. The number of carboxylic acid groups (broad SMARTS) is 1. The Kier molecular flexibility index (Phi) is 6.65. The van der Waals surface area contributed by atoms with Crippen LogP contribution in [0.3, 0.4) is 0 Å². The second kappa shape index (κ2) is 9.37. The van der Waals surface area contributed by atoms with E-state index in [-0.39, 0.29) is 24.7 Å². The third-order valence-corrected chi connectivity index (χ3v) is 5.28. The first-order valence-electron chi connectivity index (χ1n) is 9.87. The number of Topliss-reactive ketones (excluding diaryl/α,β-unsaturated/α-hetero) is 1. The van der Waals surface area contributed by atoms with Crippen molar-refractivity contribution in [3.63, 3.8) is 0 Å². The highest BCUT2D eigenvalue weighted by atomic mass is 16.5. The quantitative estimate of drug-likeness (QED) is 0.666. The molecule has 6 heteroatoms. The highest BCUT2D eigenvalue weighted by Crippen LogP contribution is 2.44. The Bertz CT molecular complexity index is 862. The molecule has 152 valence electrons. The number of fused-ring (bicyclic) bond motifs is 3. The van der Waals surface area contributed by atoms with Gasteiger partial charge in [0, 0.05) is 18.8 Å². The molecule has 0 saturated heterocycles. The van der Waals surface area contributed by atoms with E-state index in [4.69, 9.17) is 4.74 Å². The Labute approximate surface area is 169 Å². The van der Waals surface area contributed by atoms with Gasteiger partial charge in [0.1, 0.15) is 18.4 Å². The van der Waals surface area contributed by atoms with Gasteiger partial charge >= 0.3 is 12.1 Å². The normalized spacial score (nSPS) is 13.3. The van der Waals surface area contributed by atoms with Crippen LogP contribution in [0.1, 0.15) is 49.7 Å². The molecule has 0 saturated carbocycles. The molecular weight excluding hydrogens is 370 g/mol. The number of rotatable bonds is 9. The van der Waals surface area contributed by atoms with Crippen LogP contribution in [0.25, 0.3) is 11.1 Å². The Morgan fingerprint density at radius 1 is 1.03 bits per heavy atom. The average molecular weight is 395 g/mol. The van der Waals surface area contributed by atoms with Crippen LogP contribution in [0.15, 0.2) is 48.5 Å². The van der Waals surface area contributed by atoms with E-state index in [2.05, 4.69) is 5.32 Å². The summed E-state index contributed by atoms with van der Waals surface area (Å²) in [5.74, 6) is -1.14. The fraction of sp³-hybridized carbons (Fsp3) is 0.348. The van der Waals surface area contributed by atoms with E-state index in [0.29, 0.717) is 19.3 Å². The van der Waals surface area contributed by atoms with Gasteiger partial charge < -0.3 is 15.2 Å². The van der Waals surface area contributed by atoms with E-state index in [1.54, 1.807) is 6.92 Å². The second-order valence-electron chi connectivity index (χ2n) is 7.15. The van der Waals surface area contributed by atoms with Crippen LogP contribution in [0.5, 0.6) is 0 Å². The molecule has 1 aliphatic carbocycles. The zero-order chi connectivity index (χ0) is 20.8. The lowest BCUT2D eigenvalue weighted by molar-refractivity contribution is -0.139. The predicted molar refractivity (Wildman–Crippen MR) is 109 cm³/mol. The first-order valence-corrected chi connectivity index (χ1v) is 9.87. The lowest BCUT2D eigenvalue weighted by atomic mass is 9.98. The van der Waals surface area contributed by atoms with Gasteiger partial charge in [-0.05, 0) is 35.1 Å². The number of ketones is 1. The molecule has 0 aromatic heterocycles. The van der Waals surface area contributed by atoms with Gasteiger partial charge in [0.25, 0.3) is 0 Å². The Balaban J connectivity index is 1.60. The lowest BCUT2D eigenvalue weighted by Crippen LogP contribution is -2.41. The van der Waals surface area contributed by atoms with Crippen LogP contribution in [0.2, 0.25) is 0 Å². The molecule has 0 heterocycles. The van der Waals surface area contributed by atoms with Gasteiger partial charge in [-0.1, -0.05) is 55.5 Å². The Morgan fingerprint density at radius 2 is 1.62 bits per heavy atom. The van der Waals surface area contributed by atoms with E-state index in [0.717, 1.165) is 22.3 Å². The Hall–Kier alpha value is -3.15. The molecule has 1 unspecified atom stereocenters. The van der Waals surface area contributed by atoms with Gasteiger partial charge in [-0.15, -0.1) is 0 Å². The van der Waals surface area contributed by atoms with Crippen LogP contribution in [-0.4, -0.2) is 35.6 Å². The molecule has 3 rings (SSSR count). The van der Waals surface area contributed by atoms with Crippen molar-refractivity contribution in [3.8, 4) is 11.1 Å². The summed E-state index contributed by atoms with van der Waals surface area (Å²) in [6.07, 6.45) is 0.573. The summed E-state index contributed by atoms with van der Waals surface area (Å²) in [4.78, 5) is 35.0. The van der Waals surface area contributed by atoms with Crippen molar-refractivity contribution >= 4 is 17.8 Å².